The lowest BCUT2D eigenvalue weighted by atomic mass is 10.0. The Morgan fingerprint density at radius 3 is 1.79 bits per heavy atom. The zero-order valence-electron chi connectivity index (χ0n) is 16.0. The zero-order chi connectivity index (χ0) is 19.8. The average molecular weight is 395 g/mol. The molecule has 0 spiro atoms. The van der Waals surface area contributed by atoms with Gasteiger partial charge in [-0.15, -0.1) is 0 Å². The molecule has 146 valence electrons. The van der Waals surface area contributed by atoms with Crippen LogP contribution < -0.4 is 10.0 Å². The van der Waals surface area contributed by atoms with Gasteiger partial charge in [0, 0.05) is 13.1 Å². The van der Waals surface area contributed by atoms with Crippen molar-refractivity contribution in [3.8, 4) is 0 Å². The van der Waals surface area contributed by atoms with Crippen molar-refractivity contribution in [2.45, 2.75) is 23.8 Å². The van der Waals surface area contributed by atoms with Gasteiger partial charge in [-0.1, -0.05) is 85.8 Å². The molecule has 28 heavy (non-hydrogen) atoms. The van der Waals surface area contributed by atoms with E-state index in [0.29, 0.717) is 12.5 Å². The van der Waals surface area contributed by atoms with Gasteiger partial charge in [-0.05, 0) is 29.2 Å². The summed E-state index contributed by atoms with van der Waals surface area (Å²) >= 11 is 0. The summed E-state index contributed by atoms with van der Waals surface area (Å²) in [5.74, 6) is 0.336. The predicted octanol–water partition coefficient (Wildman–Crippen LogP) is 4.10. The van der Waals surface area contributed by atoms with Gasteiger partial charge >= 0.3 is 0 Å². The van der Waals surface area contributed by atoms with Gasteiger partial charge in [0.05, 0.1) is 10.9 Å². The Morgan fingerprint density at radius 1 is 0.714 bits per heavy atom. The second kappa shape index (κ2) is 9.64. The third-order valence-corrected chi connectivity index (χ3v) is 6.21. The van der Waals surface area contributed by atoms with Gasteiger partial charge in [-0.3, -0.25) is 0 Å². The minimum Gasteiger partial charge on any atom is -0.314 e. The van der Waals surface area contributed by atoms with E-state index in [1.54, 1.807) is 30.3 Å². The van der Waals surface area contributed by atoms with Crippen molar-refractivity contribution in [1.29, 1.82) is 0 Å². The molecule has 0 saturated carbocycles. The molecule has 0 aliphatic carbocycles. The van der Waals surface area contributed by atoms with Crippen LogP contribution in [-0.4, -0.2) is 21.5 Å². The molecule has 3 aromatic carbocycles. The quantitative estimate of drug-likeness (QED) is 0.574. The summed E-state index contributed by atoms with van der Waals surface area (Å²) in [6.45, 7) is 3.43. The predicted molar refractivity (Wildman–Crippen MR) is 114 cm³/mol. The lowest BCUT2D eigenvalue weighted by Gasteiger charge is -2.21. The van der Waals surface area contributed by atoms with Gasteiger partial charge in [0.15, 0.2) is 0 Å². The maximum Gasteiger partial charge on any atom is 0.241 e. The van der Waals surface area contributed by atoms with Crippen molar-refractivity contribution in [1.82, 2.24) is 10.0 Å². The molecule has 0 amide bonds. The van der Waals surface area contributed by atoms with Crippen LogP contribution in [0, 0.1) is 0 Å². The van der Waals surface area contributed by atoms with Crippen molar-refractivity contribution >= 4 is 10.0 Å². The van der Waals surface area contributed by atoms with Crippen LogP contribution in [-0.2, 0) is 10.0 Å². The number of hydrogen-bond donors (Lipinski definition) is 2. The highest BCUT2D eigenvalue weighted by Gasteiger charge is 2.21. The Bertz CT molecular complexity index is 946. The molecule has 2 N–H and O–H groups in total. The van der Waals surface area contributed by atoms with Crippen molar-refractivity contribution in [2.75, 3.05) is 13.1 Å². The second-order valence-electron chi connectivity index (χ2n) is 6.87. The fourth-order valence-electron chi connectivity index (χ4n) is 3.11. The molecule has 0 unspecified atom stereocenters. The SMILES string of the molecule is C[C@@H](CNC[C@H](NS(=O)(=O)c1ccccc1)c1ccccc1)c1ccccc1. The molecule has 0 aromatic heterocycles. The third-order valence-electron chi connectivity index (χ3n) is 4.72. The maximum atomic E-state index is 12.8. The zero-order valence-corrected chi connectivity index (χ0v) is 16.8. The standard InChI is InChI=1S/C23H26N2O2S/c1-19(20-11-5-2-6-12-20)17-24-18-23(21-13-7-3-8-14-21)25-28(26,27)22-15-9-4-10-16-22/h2-16,19,23-25H,17-18H2,1H3/t19-,23-/m0/s1. The van der Waals surface area contributed by atoms with Gasteiger partial charge in [-0.2, -0.15) is 0 Å². The van der Waals surface area contributed by atoms with Crippen LogP contribution >= 0.6 is 0 Å². The smallest absolute Gasteiger partial charge is 0.241 e. The van der Waals surface area contributed by atoms with Crippen LogP contribution in [0.2, 0.25) is 0 Å². The Labute approximate surface area is 167 Å². The van der Waals surface area contributed by atoms with Crippen LogP contribution in [0.15, 0.2) is 95.9 Å². The minimum absolute atomic E-state index is 0.272. The van der Waals surface area contributed by atoms with Crippen LogP contribution in [0.1, 0.15) is 30.0 Å². The molecular weight excluding hydrogens is 368 g/mol. The van der Waals surface area contributed by atoms with Gasteiger partial charge in [0.1, 0.15) is 0 Å². The fraction of sp³-hybridized carbons (Fsp3) is 0.217. The highest BCUT2D eigenvalue weighted by Crippen LogP contribution is 2.18. The highest BCUT2D eigenvalue weighted by atomic mass is 32.2. The number of benzene rings is 3. The maximum absolute atomic E-state index is 12.8. The van der Waals surface area contributed by atoms with Crippen molar-refractivity contribution in [2.24, 2.45) is 0 Å². The summed E-state index contributed by atoms with van der Waals surface area (Å²) < 4.78 is 28.4. The highest BCUT2D eigenvalue weighted by molar-refractivity contribution is 7.89. The fourth-order valence-corrected chi connectivity index (χ4v) is 4.36. The van der Waals surface area contributed by atoms with E-state index in [-0.39, 0.29) is 10.9 Å². The summed E-state index contributed by atoms with van der Waals surface area (Å²) in [5, 5.41) is 3.43. The van der Waals surface area contributed by atoms with E-state index in [9.17, 15) is 8.42 Å². The van der Waals surface area contributed by atoms with E-state index in [1.165, 1.54) is 5.56 Å². The summed E-state index contributed by atoms with van der Waals surface area (Å²) in [4.78, 5) is 0.272. The summed E-state index contributed by atoms with van der Waals surface area (Å²) in [6, 6.07) is 28.1. The molecule has 5 heteroatoms. The number of nitrogens with one attached hydrogen (secondary N) is 2. The van der Waals surface area contributed by atoms with Gasteiger partial charge < -0.3 is 5.32 Å². The van der Waals surface area contributed by atoms with E-state index in [4.69, 9.17) is 0 Å². The van der Waals surface area contributed by atoms with Crippen molar-refractivity contribution in [3.63, 3.8) is 0 Å². The molecule has 0 fully saturated rings. The van der Waals surface area contributed by atoms with E-state index in [2.05, 4.69) is 29.1 Å². The molecule has 3 rings (SSSR count). The molecule has 0 heterocycles. The second-order valence-corrected chi connectivity index (χ2v) is 8.58. The molecule has 0 radical (unpaired) electrons. The first-order valence-electron chi connectivity index (χ1n) is 9.44. The van der Waals surface area contributed by atoms with Gasteiger partial charge in [0.25, 0.3) is 0 Å². The molecule has 4 nitrogen and oxygen atoms in total. The topological polar surface area (TPSA) is 58.2 Å². The summed E-state index contributed by atoms with van der Waals surface area (Å²) in [5.41, 5.74) is 2.19. The monoisotopic (exact) mass is 394 g/mol. The van der Waals surface area contributed by atoms with Crippen LogP contribution in [0.5, 0.6) is 0 Å². The number of sulfonamides is 1. The Kier molecular flexibility index (Phi) is 6.98. The Hall–Kier alpha value is -2.47. The Morgan fingerprint density at radius 2 is 1.21 bits per heavy atom. The first-order chi connectivity index (χ1) is 13.6. The molecule has 0 saturated heterocycles. The number of rotatable bonds is 9. The summed E-state index contributed by atoms with van der Waals surface area (Å²) in [6.07, 6.45) is 0. The first-order valence-corrected chi connectivity index (χ1v) is 10.9. The normalized spacial score (nSPS) is 13.8. The lowest BCUT2D eigenvalue weighted by Crippen LogP contribution is -2.36. The molecular formula is C23H26N2O2S. The molecule has 0 aliphatic heterocycles. The van der Waals surface area contributed by atoms with E-state index in [1.807, 2.05) is 48.5 Å². The summed E-state index contributed by atoms with van der Waals surface area (Å²) in [7, 11) is -3.60. The van der Waals surface area contributed by atoms with E-state index in [0.717, 1.165) is 12.1 Å². The van der Waals surface area contributed by atoms with Gasteiger partial charge in [-0.25, -0.2) is 13.1 Å². The molecule has 0 aliphatic rings. The van der Waals surface area contributed by atoms with Crippen molar-refractivity contribution < 1.29 is 8.42 Å². The molecule has 2 atom stereocenters. The molecule has 3 aromatic rings. The van der Waals surface area contributed by atoms with Crippen LogP contribution in [0.25, 0.3) is 0 Å². The van der Waals surface area contributed by atoms with Crippen molar-refractivity contribution in [3.05, 3.63) is 102 Å². The van der Waals surface area contributed by atoms with Crippen LogP contribution in [0.4, 0.5) is 0 Å². The minimum atomic E-state index is -3.60. The van der Waals surface area contributed by atoms with E-state index < -0.39 is 10.0 Å². The lowest BCUT2D eigenvalue weighted by molar-refractivity contribution is 0.516. The third kappa shape index (κ3) is 5.52. The van der Waals surface area contributed by atoms with E-state index >= 15 is 0 Å². The first kappa shape index (κ1) is 20.3. The number of hydrogen-bond acceptors (Lipinski definition) is 3. The average Bonchev–Trinajstić information content (AvgIpc) is 2.75. The van der Waals surface area contributed by atoms with Gasteiger partial charge in [0.2, 0.25) is 10.0 Å². The molecule has 0 bridgehead atoms. The largest absolute Gasteiger partial charge is 0.314 e. The Balaban J connectivity index is 1.70. The van der Waals surface area contributed by atoms with Crippen LogP contribution in [0.3, 0.4) is 0 Å².